The number of nitrogens with zero attached hydrogens (tertiary/aromatic N) is 2. The summed E-state index contributed by atoms with van der Waals surface area (Å²) in [5, 5.41) is 14.9. The Labute approximate surface area is 163 Å². The van der Waals surface area contributed by atoms with Gasteiger partial charge in [0, 0.05) is 11.4 Å². The van der Waals surface area contributed by atoms with Crippen molar-refractivity contribution < 1.29 is 9.53 Å². The molecule has 0 atom stereocenters. The van der Waals surface area contributed by atoms with Crippen molar-refractivity contribution in [3.8, 4) is 11.8 Å². The number of hydrogen-bond donors (Lipinski definition) is 2. The quantitative estimate of drug-likeness (QED) is 0.653. The van der Waals surface area contributed by atoms with Crippen molar-refractivity contribution in [2.45, 2.75) is 20.0 Å². The number of rotatable bonds is 6. The van der Waals surface area contributed by atoms with Gasteiger partial charge in [-0.15, -0.1) is 0 Å². The van der Waals surface area contributed by atoms with E-state index in [1.165, 1.54) is 0 Å². The standard InChI is InChI=1S/C22H20N4O2/c1-15(2)28-20-9-6-17(7-10-20)25-19-8-11-21(24-14-19)22(27)26-18-5-3-4-16(12-18)13-23/h3-12,14-15,25H,1-2H3,(H,26,27). The van der Waals surface area contributed by atoms with Crippen LogP contribution < -0.4 is 15.4 Å². The van der Waals surface area contributed by atoms with E-state index in [1.54, 1.807) is 42.6 Å². The fourth-order valence-corrected chi connectivity index (χ4v) is 2.52. The van der Waals surface area contributed by atoms with E-state index in [4.69, 9.17) is 10.00 Å². The lowest BCUT2D eigenvalue weighted by molar-refractivity contribution is 0.102. The van der Waals surface area contributed by atoms with Gasteiger partial charge in [0.2, 0.25) is 0 Å². The molecular formula is C22H20N4O2. The maximum Gasteiger partial charge on any atom is 0.274 e. The summed E-state index contributed by atoms with van der Waals surface area (Å²) in [7, 11) is 0. The molecule has 1 aromatic heterocycles. The third-order valence-electron chi connectivity index (χ3n) is 3.76. The minimum Gasteiger partial charge on any atom is -0.491 e. The number of pyridine rings is 1. The molecule has 140 valence electrons. The Morgan fingerprint density at radius 1 is 1.04 bits per heavy atom. The smallest absolute Gasteiger partial charge is 0.274 e. The van der Waals surface area contributed by atoms with Crippen molar-refractivity contribution in [1.29, 1.82) is 5.26 Å². The van der Waals surface area contributed by atoms with Gasteiger partial charge in [-0.3, -0.25) is 4.79 Å². The molecular weight excluding hydrogens is 352 g/mol. The molecule has 2 N–H and O–H groups in total. The summed E-state index contributed by atoms with van der Waals surface area (Å²) in [6.07, 6.45) is 1.73. The van der Waals surface area contributed by atoms with Crippen LogP contribution in [0.1, 0.15) is 29.9 Å². The van der Waals surface area contributed by atoms with Crippen molar-refractivity contribution in [1.82, 2.24) is 4.98 Å². The van der Waals surface area contributed by atoms with Crippen LogP contribution in [0.3, 0.4) is 0 Å². The molecule has 0 fully saturated rings. The molecule has 0 aliphatic heterocycles. The van der Waals surface area contributed by atoms with E-state index in [1.807, 2.05) is 44.2 Å². The maximum absolute atomic E-state index is 12.3. The maximum atomic E-state index is 12.3. The van der Waals surface area contributed by atoms with E-state index in [-0.39, 0.29) is 17.7 Å². The lowest BCUT2D eigenvalue weighted by Gasteiger charge is -2.11. The van der Waals surface area contributed by atoms with Crippen molar-refractivity contribution in [3.05, 3.63) is 78.1 Å². The van der Waals surface area contributed by atoms with Gasteiger partial charge in [-0.25, -0.2) is 4.98 Å². The Balaban J connectivity index is 1.62. The van der Waals surface area contributed by atoms with Gasteiger partial charge in [-0.05, 0) is 68.4 Å². The first-order valence-corrected chi connectivity index (χ1v) is 8.85. The molecule has 0 saturated carbocycles. The second kappa shape index (κ2) is 8.69. The number of carbonyl (C=O) groups is 1. The number of carbonyl (C=O) groups excluding carboxylic acids is 1. The zero-order chi connectivity index (χ0) is 19.9. The molecule has 28 heavy (non-hydrogen) atoms. The first-order chi connectivity index (χ1) is 13.5. The number of nitriles is 1. The van der Waals surface area contributed by atoms with Crippen LogP contribution in [0.2, 0.25) is 0 Å². The fraction of sp³-hybridized carbons (Fsp3) is 0.136. The van der Waals surface area contributed by atoms with E-state index in [2.05, 4.69) is 15.6 Å². The van der Waals surface area contributed by atoms with Gasteiger partial charge in [0.25, 0.3) is 5.91 Å². The number of benzene rings is 2. The second-order valence-electron chi connectivity index (χ2n) is 6.39. The molecule has 1 amide bonds. The molecule has 0 spiro atoms. The highest BCUT2D eigenvalue weighted by Crippen LogP contribution is 2.20. The van der Waals surface area contributed by atoms with E-state index >= 15 is 0 Å². The predicted octanol–water partition coefficient (Wildman–Crippen LogP) is 4.74. The SMILES string of the molecule is CC(C)Oc1ccc(Nc2ccc(C(=O)Nc3cccc(C#N)c3)nc2)cc1. The topological polar surface area (TPSA) is 87.0 Å². The van der Waals surface area contributed by atoms with E-state index in [0.29, 0.717) is 11.3 Å². The highest BCUT2D eigenvalue weighted by atomic mass is 16.5. The molecule has 6 heteroatoms. The summed E-state index contributed by atoms with van der Waals surface area (Å²) >= 11 is 0. The summed E-state index contributed by atoms with van der Waals surface area (Å²) in [5.74, 6) is 0.475. The van der Waals surface area contributed by atoms with Crippen molar-refractivity contribution in [3.63, 3.8) is 0 Å². The van der Waals surface area contributed by atoms with Crippen LogP contribution >= 0.6 is 0 Å². The van der Waals surface area contributed by atoms with Gasteiger partial charge in [0.05, 0.1) is 29.6 Å². The Kier molecular flexibility index (Phi) is 5.87. The van der Waals surface area contributed by atoms with Gasteiger partial charge in [0.1, 0.15) is 11.4 Å². The summed E-state index contributed by atoms with van der Waals surface area (Å²) < 4.78 is 5.62. The summed E-state index contributed by atoms with van der Waals surface area (Å²) in [6.45, 7) is 3.96. The minimum absolute atomic E-state index is 0.129. The average Bonchev–Trinajstić information content (AvgIpc) is 2.70. The molecule has 3 aromatic rings. The third kappa shape index (κ3) is 5.08. The Morgan fingerprint density at radius 3 is 2.43 bits per heavy atom. The van der Waals surface area contributed by atoms with Crippen LogP contribution in [0.4, 0.5) is 17.1 Å². The number of nitrogens with one attached hydrogen (secondary N) is 2. The summed E-state index contributed by atoms with van der Waals surface area (Å²) in [4.78, 5) is 16.5. The second-order valence-corrected chi connectivity index (χ2v) is 6.39. The molecule has 3 rings (SSSR count). The monoisotopic (exact) mass is 372 g/mol. The number of anilines is 3. The van der Waals surface area contributed by atoms with Crippen LogP contribution in [0.15, 0.2) is 66.9 Å². The van der Waals surface area contributed by atoms with E-state index in [9.17, 15) is 4.79 Å². The molecule has 0 aliphatic rings. The first kappa shape index (κ1) is 18.9. The fourth-order valence-electron chi connectivity index (χ4n) is 2.52. The highest BCUT2D eigenvalue weighted by Gasteiger charge is 2.08. The van der Waals surface area contributed by atoms with Gasteiger partial charge >= 0.3 is 0 Å². The Hall–Kier alpha value is -3.85. The largest absolute Gasteiger partial charge is 0.491 e. The van der Waals surface area contributed by atoms with Crippen LogP contribution in [-0.2, 0) is 0 Å². The molecule has 0 bridgehead atoms. The number of ether oxygens (including phenoxy) is 1. The van der Waals surface area contributed by atoms with Crippen LogP contribution in [0.25, 0.3) is 0 Å². The van der Waals surface area contributed by atoms with Crippen molar-refractivity contribution in [2.75, 3.05) is 10.6 Å². The minimum atomic E-state index is -0.336. The lowest BCUT2D eigenvalue weighted by atomic mass is 10.2. The Bertz CT molecular complexity index is 990. The molecule has 0 aliphatic carbocycles. The highest BCUT2D eigenvalue weighted by molar-refractivity contribution is 6.03. The van der Waals surface area contributed by atoms with Crippen molar-refractivity contribution in [2.24, 2.45) is 0 Å². The first-order valence-electron chi connectivity index (χ1n) is 8.85. The van der Waals surface area contributed by atoms with Gasteiger partial charge < -0.3 is 15.4 Å². The third-order valence-corrected chi connectivity index (χ3v) is 3.76. The van der Waals surface area contributed by atoms with E-state index in [0.717, 1.165) is 17.1 Å². The zero-order valence-corrected chi connectivity index (χ0v) is 15.6. The number of hydrogen-bond acceptors (Lipinski definition) is 5. The van der Waals surface area contributed by atoms with Crippen molar-refractivity contribution >= 4 is 23.0 Å². The molecule has 0 unspecified atom stereocenters. The molecule has 0 radical (unpaired) electrons. The average molecular weight is 372 g/mol. The molecule has 2 aromatic carbocycles. The van der Waals surface area contributed by atoms with Crippen LogP contribution in [0, 0.1) is 11.3 Å². The molecule has 6 nitrogen and oxygen atoms in total. The lowest BCUT2D eigenvalue weighted by Crippen LogP contribution is -2.13. The number of amides is 1. The number of aromatic nitrogens is 1. The van der Waals surface area contributed by atoms with Gasteiger partial charge in [0.15, 0.2) is 0 Å². The summed E-state index contributed by atoms with van der Waals surface area (Å²) in [6, 6.07) is 19.8. The van der Waals surface area contributed by atoms with Gasteiger partial charge in [-0.1, -0.05) is 6.07 Å². The molecule has 0 saturated heterocycles. The molecule has 1 heterocycles. The summed E-state index contributed by atoms with van der Waals surface area (Å²) in [5.41, 5.74) is 2.98. The van der Waals surface area contributed by atoms with Crippen LogP contribution in [-0.4, -0.2) is 17.0 Å². The predicted molar refractivity (Wildman–Crippen MR) is 109 cm³/mol. The normalized spacial score (nSPS) is 10.2. The zero-order valence-electron chi connectivity index (χ0n) is 15.6. The Morgan fingerprint density at radius 2 is 1.79 bits per heavy atom. The van der Waals surface area contributed by atoms with Gasteiger partial charge in [-0.2, -0.15) is 5.26 Å². The van der Waals surface area contributed by atoms with E-state index < -0.39 is 0 Å². The van der Waals surface area contributed by atoms with Crippen LogP contribution in [0.5, 0.6) is 5.75 Å².